The van der Waals surface area contributed by atoms with E-state index in [1.807, 2.05) is 19.0 Å². The molecule has 0 bridgehead atoms. The molecule has 6 nitrogen and oxygen atoms in total. The van der Waals surface area contributed by atoms with Gasteiger partial charge in [-0.15, -0.1) is 0 Å². The Kier molecular flexibility index (Phi) is 5.41. The summed E-state index contributed by atoms with van der Waals surface area (Å²) < 4.78 is 30.7. The van der Waals surface area contributed by atoms with Crippen LogP contribution in [0.3, 0.4) is 0 Å². The van der Waals surface area contributed by atoms with Gasteiger partial charge >= 0.3 is 0 Å². The molecule has 0 aliphatic rings. The molecule has 2 heterocycles. The molecular formula is C18H17F2N5OS. The predicted molar refractivity (Wildman–Crippen MR) is 100 cm³/mol. The molecule has 2 aromatic heterocycles. The average Bonchev–Trinajstić information content (AvgIpc) is 2.98. The van der Waals surface area contributed by atoms with Gasteiger partial charge < -0.3 is 10.2 Å². The minimum absolute atomic E-state index is 0.171. The molecule has 0 aliphatic heterocycles. The van der Waals surface area contributed by atoms with Gasteiger partial charge in [0.2, 0.25) is 0 Å². The number of benzene rings is 1. The highest BCUT2D eigenvalue weighted by Gasteiger charge is 2.20. The smallest absolute Gasteiger partial charge is 0.258 e. The third-order valence-electron chi connectivity index (χ3n) is 3.81. The maximum Gasteiger partial charge on any atom is 0.258 e. The van der Waals surface area contributed by atoms with Crippen molar-refractivity contribution in [2.45, 2.75) is 13.3 Å². The summed E-state index contributed by atoms with van der Waals surface area (Å²) in [6, 6.07) is 3.21. The molecule has 3 aromatic rings. The first-order valence-electron chi connectivity index (χ1n) is 8.05. The van der Waals surface area contributed by atoms with Crippen LogP contribution in [0, 0.1) is 18.6 Å². The van der Waals surface area contributed by atoms with Crippen molar-refractivity contribution < 1.29 is 13.6 Å². The van der Waals surface area contributed by atoms with Crippen LogP contribution in [-0.2, 0) is 6.42 Å². The number of halogens is 2. The zero-order chi connectivity index (χ0) is 19.6. The molecule has 0 radical (unpaired) electrons. The van der Waals surface area contributed by atoms with Gasteiger partial charge in [-0.2, -0.15) is 4.37 Å². The van der Waals surface area contributed by atoms with Gasteiger partial charge in [-0.1, -0.05) is 0 Å². The van der Waals surface area contributed by atoms with E-state index in [1.54, 1.807) is 19.3 Å². The standard InChI is InChI=1S/C18H17F2N5OS/c1-10-17(18(26)23-11-4-5-13(19)14(20)6-11)15(27-24-10)7-12-8-21-9-16(22-12)25(2)3/h4-6,8-9H,7H2,1-3H3,(H,23,26). The summed E-state index contributed by atoms with van der Waals surface area (Å²) >= 11 is 1.20. The minimum atomic E-state index is -1.02. The summed E-state index contributed by atoms with van der Waals surface area (Å²) in [5.41, 5.74) is 1.84. The van der Waals surface area contributed by atoms with E-state index < -0.39 is 17.5 Å². The van der Waals surface area contributed by atoms with E-state index in [-0.39, 0.29) is 5.69 Å². The van der Waals surface area contributed by atoms with Crippen LogP contribution in [0.5, 0.6) is 0 Å². The maximum absolute atomic E-state index is 13.4. The van der Waals surface area contributed by atoms with Crippen molar-refractivity contribution >= 4 is 28.9 Å². The SMILES string of the molecule is Cc1nsc(Cc2cncc(N(C)C)n2)c1C(=O)Nc1ccc(F)c(F)c1. The Hall–Kier alpha value is -2.94. The van der Waals surface area contributed by atoms with Gasteiger partial charge in [0.25, 0.3) is 5.91 Å². The second-order valence-electron chi connectivity index (χ2n) is 6.09. The molecule has 1 N–H and O–H groups in total. The molecule has 1 amide bonds. The molecular weight excluding hydrogens is 372 g/mol. The summed E-state index contributed by atoms with van der Waals surface area (Å²) in [5.74, 6) is -1.72. The predicted octanol–water partition coefficient (Wildman–Crippen LogP) is 3.43. The lowest BCUT2D eigenvalue weighted by Gasteiger charge is -2.11. The first-order chi connectivity index (χ1) is 12.8. The van der Waals surface area contributed by atoms with Crippen LogP contribution in [0.1, 0.15) is 26.6 Å². The first-order valence-corrected chi connectivity index (χ1v) is 8.82. The van der Waals surface area contributed by atoms with Crippen LogP contribution in [0.15, 0.2) is 30.6 Å². The van der Waals surface area contributed by atoms with E-state index in [9.17, 15) is 13.6 Å². The molecule has 0 unspecified atom stereocenters. The van der Waals surface area contributed by atoms with Gasteiger partial charge in [0.15, 0.2) is 11.6 Å². The number of rotatable bonds is 5. The van der Waals surface area contributed by atoms with Gasteiger partial charge in [0.1, 0.15) is 5.82 Å². The summed E-state index contributed by atoms with van der Waals surface area (Å²) in [7, 11) is 3.73. The molecule has 0 saturated carbocycles. The number of hydrogen-bond acceptors (Lipinski definition) is 6. The molecule has 9 heteroatoms. The normalized spacial score (nSPS) is 10.7. The number of nitrogens with one attached hydrogen (secondary N) is 1. The number of carbonyl (C=O) groups excluding carboxylic acids is 1. The molecule has 27 heavy (non-hydrogen) atoms. The average molecular weight is 389 g/mol. The van der Waals surface area contributed by atoms with Crippen LogP contribution < -0.4 is 10.2 Å². The Morgan fingerprint density at radius 2 is 2.00 bits per heavy atom. The van der Waals surface area contributed by atoms with Gasteiger partial charge in [0.05, 0.1) is 23.1 Å². The van der Waals surface area contributed by atoms with Crippen molar-refractivity contribution in [3.63, 3.8) is 0 Å². The van der Waals surface area contributed by atoms with Crippen molar-refractivity contribution in [1.29, 1.82) is 0 Å². The van der Waals surface area contributed by atoms with Gasteiger partial charge in [0, 0.05) is 43.3 Å². The number of amides is 1. The topological polar surface area (TPSA) is 71.0 Å². The fraction of sp³-hybridized carbons (Fsp3) is 0.222. The maximum atomic E-state index is 13.4. The highest BCUT2D eigenvalue weighted by Crippen LogP contribution is 2.23. The molecule has 0 spiro atoms. The van der Waals surface area contributed by atoms with Crippen molar-refractivity contribution in [3.05, 3.63) is 64.1 Å². The van der Waals surface area contributed by atoms with E-state index in [0.29, 0.717) is 29.2 Å². The molecule has 3 rings (SSSR count). The van der Waals surface area contributed by atoms with Crippen LogP contribution in [-0.4, -0.2) is 34.3 Å². The van der Waals surface area contributed by atoms with E-state index in [1.165, 1.54) is 17.6 Å². The highest BCUT2D eigenvalue weighted by molar-refractivity contribution is 7.06. The van der Waals surface area contributed by atoms with E-state index in [0.717, 1.165) is 17.0 Å². The lowest BCUT2D eigenvalue weighted by atomic mass is 10.1. The Bertz CT molecular complexity index is 990. The first kappa shape index (κ1) is 18.8. The van der Waals surface area contributed by atoms with Crippen molar-refractivity contribution in [3.8, 4) is 0 Å². The largest absolute Gasteiger partial charge is 0.361 e. The zero-order valence-corrected chi connectivity index (χ0v) is 15.8. The summed E-state index contributed by atoms with van der Waals surface area (Å²) in [6.45, 7) is 1.72. The summed E-state index contributed by atoms with van der Waals surface area (Å²) in [6.07, 6.45) is 3.68. The van der Waals surface area contributed by atoms with Crippen LogP contribution >= 0.6 is 11.5 Å². The van der Waals surface area contributed by atoms with Gasteiger partial charge in [-0.3, -0.25) is 9.78 Å². The van der Waals surface area contributed by atoms with E-state index in [2.05, 4.69) is 19.7 Å². The Morgan fingerprint density at radius 3 is 2.70 bits per heavy atom. The third kappa shape index (κ3) is 4.25. The monoisotopic (exact) mass is 389 g/mol. The Labute approximate surface area is 159 Å². The summed E-state index contributed by atoms with van der Waals surface area (Å²) in [4.78, 5) is 23.9. The Morgan fingerprint density at radius 1 is 1.22 bits per heavy atom. The second kappa shape index (κ2) is 7.75. The molecule has 0 fully saturated rings. The van der Waals surface area contributed by atoms with Crippen LogP contribution in [0.4, 0.5) is 20.3 Å². The van der Waals surface area contributed by atoms with Gasteiger partial charge in [-0.05, 0) is 30.6 Å². The number of carbonyl (C=O) groups is 1. The fourth-order valence-corrected chi connectivity index (χ4v) is 3.34. The van der Waals surface area contributed by atoms with Crippen LogP contribution in [0.2, 0.25) is 0 Å². The van der Waals surface area contributed by atoms with Crippen molar-refractivity contribution in [2.75, 3.05) is 24.3 Å². The highest BCUT2D eigenvalue weighted by atomic mass is 32.1. The van der Waals surface area contributed by atoms with Crippen molar-refractivity contribution in [1.82, 2.24) is 14.3 Å². The number of anilines is 2. The van der Waals surface area contributed by atoms with Crippen molar-refractivity contribution in [2.24, 2.45) is 0 Å². The molecule has 140 valence electrons. The third-order valence-corrected chi connectivity index (χ3v) is 4.74. The van der Waals surface area contributed by atoms with Gasteiger partial charge in [-0.25, -0.2) is 13.8 Å². The molecule has 0 saturated heterocycles. The summed E-state index contributed by atoms with van der Waals surface area (Å²) in [5, 5.41) is 2.59. The number of hydrogen-bond donors (Lipinski definition) is 1. The zero-order valence-electron chi connectivity index (χ0n) is 15.0. The van der Waals surface area contributed by atoms with E-state index >= 15 is 0 Å². The van der Waals surface area contributed by atoms with E-state index in [4.69, 9.17) is 0 Å². The molecule has 0 atom stereocenters. The lowest BCUT2D eigenvalue weighted by molar-refractivity contribution is 0.102. The number of aryl methyl sites for hydroxylation is 1. The molecule has 0 aliphatic carbocycles. The Balaban J connectivity index is 1.84. The lowest BCUT2D eigenvalue weighted by Crippen LogP contribution is -2.15. The fourth-order valence-electron chi connectivity index (χ4n) is 2.46. The second-order valence-corrected chi connectivity index (χ2v) is 6.95. The quantitative estimate of drug-likeness (QED) is 0.724. The molecule has 1 aromatic carbocycles. The van der Waals surface area contributed by atoms with Crippen LogP contribution in [0.25, 0.3) is 0 Å². The number of nitrogens with zero attached hydrogens (tertiary/aromatic N) is 4. The number of aromatic nitrogens is 3. The minimum Gasteiger partial charge on any atom is -0.361 e.